The fraction of sp³-hybridized carbons (Fsp3) is 0.720. The van der Waals surface area contributed by atoms with Gasteiger partial charge in [-0.15, -0.1) is 0 Å². The normalized spacial score (nSPS) is 45.9. The molecule has 188 valence electrons. The summed E-state index contributed by atoms with van der Waals surface area (Å²) in [6.45, 7) is 5.15. The molecule has 0 heterocycles. The molecule has 3 fully saturated rings. The van der Waals surface area contributed by atoms with E-state index in [0.717, 1.165) is 14.2 Å². The molecule has 0 spiro atoms. The summed E-state index contributed by atoms with van der Waals surface area (Å²) < 4.78 is 31.8. The molecular weight excluding hydrogens is 447 g/mol. The Kier molecular flexibility index (Phi) is 5.76. The van der Waals surface area contributed by atoms with Gasteiger partial charge in [-0.1, -0.05) is 25.5 Å². The van der Waals surface area contributed by atoms with Crippen LogP contribution >= 0.6 is 0 Å². The predicted octanol–water partition coefficient (Wildman–Crippen LogP) is 2.66. The van der Waals surface area contributed by atoms with Crippen molar-refractivity contribution in [2.45, 2.75) is 69.9 Å². The molecule has 9 heteroatoms. The maximum Gasteiger partial charge on any atom is 0.508 e. The Hall–Kier alpha value is -2.26. The van der Waals surface area contributed by atoms with Crippen LogP contribution in [0.2, 0.25) is 0 Å². The zero-order chi connectivity index (χ0) is 25.3. The highest BCUT2D eigenvalue weighted by molar-refractivity contribution is 6.01. The van der Waals surface area contributed by atoms with Crippen LogP contribution in [0, 0.1) is 28.6 Å². The Morgan fingerprint density at radius 2 is 1.88 bits per heavy atom. The first-order chi connectivity index (χ1) is 15.8. The monoisotopic (exact) mass is 480 g/mol. The standard InChI is InChI=1S/C25H33FO8/c1-13-10-17-16-7-6-14-11-15(27)8-9-22(14,2)24(16,26)18(28)12-23(17,3)25(13,31)19(20(29)32-4)34-21(30)33-5/h8-9,11,13,16-19,28,31H,6-7,10,12H2,1-5H3/t13-,16+,17+,18+,19+,22+,23+,24+,25+/m1/s1. The van der Waals surface area contributed by atoms with Crippen LogP contribution in [0.25, 0.3) is 0 Å². The zero-order valence-corrected chi connectivity index (χ0v) is 20.2. The second-order valence-electron chi connectivity index (χ2n) is 10.7. The van der Waals surface area contributed by atoms with Crippen LogP contribution in [-0.4, -0.2) is 65.8 Å². The average molecular weight is 481 g/mol. The van der Waals surface area contributed by atoms with Gasteiger partial charge in [0.1, 0.15) is 5.60 Å². The highest BCUT2D eigenvalue weighted by atomic mass is 19.1. The van der Waals surface area contributed by atoms with Gasteiger partial charge in [-0.05, 0) is 56.6 Å². The Balaban J connectivity index is 1.81. The van der Waals surface area contributed by atoms with Crippen LogP contribution < -0.4 is 0 Å². The fourth-order valence-electron chi connectivity index (χ4n) is 7.71. The van der Waals surface area contributed by atoms with Gasteiger partial charge in [-0.2, -0.15) is 0 Å². The Bertz CT molecular complexity index is 976. The summed E-state index contributed by atoms with van der Waals surface area (Å²) in [6.07, 6.45) is 1.03. The van der Waals surface area contributed by atoms with E-state index in [2.05, 4.69) is 4.74 Å². The van der Waals surface area contributed by atoms with Gasteiger partial charge in [-0.3, -0.25) is 4.79 Å². The van der Waals surface area contributed by atoms with Gasteiger partial charge >= 0.3 is 12.1 Å². The maximum absolute atomic E-state index is 17.2. The highest BCUT2D eigenvalue weighted by Crippen LogP contribution is 2.71. The molecule has 4 aliphatic rings. The van der Waals surface area contributed by atoms with Crippen molar-refractivity contribution in [1.82, 2.24) is 0 Å². The molecule has 0 aromatic heterocycles. The minimum Gasteiger partial charge on any atom is -0.466 e. The van der Waals surface area contributed by atoms with E-state index in [0.29, 0.717) is 24.8 Å². The van der Waals surface area contributed by atoms with E-state index in [9.17, 15) is 24.6 Å². The number of aliphatic hydroxyl groups excluding tert-OH is 1. The number of fused-ring (bicyclic) bond motifs is 5. The van der Waals surface area contributed by atoms with Crippen LogP contribution in [0.1, 0.15) is 46.5 Å². The van der Waals surface area contributed by atoms with E-state index in [4.69, 9.17) is 9.47 Å². The number of carbonyl (C=O) groups is 3. The molecule has 0 radical (unpaired) electrons. The first kappa shape index (κ1) is 24.9. The summed E-state index contributed by atoms with van der Waals surface area (Å²) in [5.74, 6) is -2.83. The van der Waals surface area contributed by atoms with Crippen LogP contribution in [0.15, 0.2) is 23.8 Å². The Morgan fingerprint density at radius 1 is 1.21 bits per heavy atom. The Morgan fingerprint density at radius 3 is 2.50 bits per heavy atom. The van der Waals surface area contributed by atoms with E-state index in [1.54, 1.807) is 26.8 Å². The molecule has 0 aliphatic heterocycles. The van der Waals surface area contributed by atoms with Gasteiger partial charge in [0.2, 0.25) is 6.10 Å². The molecule has 0 bridgehead atoms. The molecule has 3 saturated carbocycles. The van der Waals surface area contributed by atoms with Crippen LogP contribution in [0.3, 0.4) is 0 Å². The predicted molar refractivity (Wildman–Crippen MR) is 117 cm³/mol. The number of esters is 1. The number of halogens is 1. The topological polar surface area (TPSA) is 119 Å². The number of ketones is 1. The number of aliphatic hydroxyl groups is 2. The molecule has 4 aliphatic carbocycles. The average Bonchev–Trinajstić information content (AvgIpc) is 2.99. The van der Waals surface area contributed by atoms with Crippen molar-refractivity contribution in [3.05, 3.63) is 23.8 Å². The van der Waals surface area contributed by atoms with Crippen molar-refractivity contribution in [1.29, 1.82) is 0 Å². The van der Waals surface area contributed by atoms with Crippen molar-refractivity contribution in [2.75, 3.05) is 14.2 Å². The van der Waals surface area contributed by atoms with E-state index in [1.165, 1.54) is 12.2 Å². The van der Waals surface area contributed by atoms with Gasteiger partial charge < -0.3 is 24.4 Å². The number of allylic oxidation sites excluding steroid dienone is 4. The molecule has 0 saturated heterocycles. The summed E-state index contributed by atoms with van der Waals surface area (Å²) in [5.41, 5.74) is -5.70. The molecule has 0 amide bonds. The van der Waals surface area contributed by atoms with Gasteiger partial charge in [0, 0.05) is 16.7 Å². The zero-order valence-electron chi connectivity index (χ0n) is 20.2. The van der Waals surface area contributed by atoms with Crippen molar-refractivity contribution < 1.29 is 43.2 Å². The largest absolute Gasteiger partial charge is 0.508 e. The first-order valence-corrected chi connectivity index (χ1v) is 11.7. The number of ether oxygens (including phenoxy) is 3. The second kappa shape index (κ2) is 7.88. The van der Waals surface area contributed by atoms with E-state index in [1.807, 2.05) is 0 Å². The number of methoxy groups -OCH3 is 2. The second-order valence-corrected chi connectivity index (χ2v) is 10.7. The first-order valence-electron chi connectivity index (χ1n) is 11.7. The molecule has 34 heavy (non-hydrogen) atoms. The lowest BCUT2D eigenvalue weighted by atomic mass is 9.44. The molecule has 4 rings (SSSR count). The van der Waals surface area contributed by atoms with E-state index >= 15 is 4.39 Å². The SMILES string of the molecule is COC(=O)O[C@@H](C(=O)OC)[C@@]1(O)[C@H](C)C[C@H]2[C@@H]3CCC4=CC(=O)C=C[C@]4(C)[C@@]3(F)[C@@H](O)C[C@@]21C. The summed E-state index contributed by atoms with van der Waals surface area (Å²) >= 11 is 0. The van der Waals surface area contributed by atoms with Crippen molar-refractivity contribution in [2.24, 2.45) is 28.6 Å². The number of alkyl halides is 1. The smallest absolute Gasteiger partial charge is 0.466 e. The summed E-state index contributed by atoms with van der Waals surface area (Å²) in [6, 6.07) is 0. The number of carbonyl (C=O) groups excluding carboxylic acids is 3. The van der Waals surface area contributed by atoms with Crippen molar-refractivity contribution in [3.8, 4) is 0 Å². The molecule has 9 atom stereocenters. The minimum atomic E-state index is -2.08. The lowest BCUT2D eigenvalue weighted by Gasteiger charge is -2.63. The lowest BCUT2D eigenvalue weighted by Crippen LogP contribution is -2.70. The van der Waals surface area contributed by atoms with Crippen molar-refractivity contribution >= 4 is 17.9 Å². The summed E-state index contributed by atoms with van der Waals surface area (Å²) in [4.78, 5) is 36.7. The number of hydrogen-bond donors (Lipinski definition) is 2. The quantitative estimate of drug-likeness (QED) is 0.592. The molecule has 8 nitrogen and oxygen atoms in total. The molecular formula is C25H33FO8. The third kappa shape index (κ3) is 2.92. The van der Waals surface area contributed by atoms with Gasteiger partial charge in [0.25, 0.3) is 0 Å². The number of hydrogen-bond acceptors (Lipinski definition) is 8. The van der Waals surface area contributed by atoms with Crippen molar-refractivity contribution in [3.63, 3.8) is 0 Å². The Labute approximate surface area is 198 Å². The summed E-state index contributed by atoms with van der Waals surface area (Å²) in [7, 11) is 2.20. The minimum absolute atomic E-state index is 0.172. The molecule has 0 unspecified atom stereocenters. The fourth-order valence-corrected chi connectivity index (χ4v) is 7.71. The summed E-state index contributed by atoms with van der Waals surface area (Å²) in [5, 5.41) is 23.5. The van der Waals surface area contributed by atoms with Crippen LogP contribution in [0.4, 0.5) is 9.18 Å². The lowest BCUT2D eigenvalue weighted by molar-refractivity contribution is -0.242. The molecule has 0 aromatic rings. The highest BCUT2D eigenvalue weighted by Gasteiger charge is 2.76. The van der Waals surface area contributed by atoms with E-state index < -0.39 is 64.2 Å². The third-order valence-corrected chi connectivity index (χ3v) is 9.50. The van der Waals surface area contributed by atoms with E-state index in [-0.39, 0.29) is 12.2 Å². The third-order valence-electron chi connectivity index (χ3n) is 9.50. The number of rotatable bonds is 3. The van der Waals surface area contributed by atoms with Gasteiger partial charge in [-0.25, -0.2) is 14.0 Å². The van der Waals surface area contributed by atoms with Crippen LogP contribution in [-0.2, 0) is 23.8 Å². The molecule has 0 aromatic carbocycles. The van der Waals surface area contributed by atoms with Crippen LogP contribution in [0.5, 0.6) is 0 Å². The van der Waals surface area contributed by atoms with Gasteiger partial charge in [0.15, 0.2) is 11.5 Å². The van der Waals surface area contributed by atoms with Gasteiger partial charge in [0.05, 0.1) is 20.3 Å². The molecule has 2 N–H and O–H groups in total. The maximum atomic E-state index is 17.2.